The van der Waals surface area contributed by atoms with Gasteiger partial charge in [-0.3, -0.25) is 4.79 Å². The Balaban J connectivity index is 1.55. The van der Waals surface area contributed by atoms with Gasteiger partial charge in [0.15, 0.2) is 18.1 Å². The number of halogens is 9. The molecule has 0 aromatic heterocycles. The molecule has 2 N–H and O–H groups in total. The Labute approximate surface area is 209 Å². The summed E-state index contributed by atoms with van der Waals surface area (Å²) >= 11 is 0. The summed E-state index contributed by atoms with van der Waals surface area (Å²) in [5.41, 5.74) is -1.43. The van der Waals surface area contributed by atoms with Crippen molar-refractivity contribution < 1.29 is 49.1 Å². The number of nitrogens with one attached hydrogen (secondary N) is 2. The van der Waals surface area contributed by atoms with Gasteiger partial charge in [-0.2, -0.15) is 39.5 Å². The molecule has 0 bridgehead atoms. The van der Waals surface area contributed by atoms with Crippen LogP contribution < -0.4 is 10.8 Å². The molecule has 2 atom stereocenters. The molecule has 38 heavy (non-hydrogen) atoms. The van der Waals surface area contributed by atoms with Crippen molar-refractivity contribution in [3.8, 4) is 0 Å². The number of rotatable bonds is 6. The molecule has 2 aromatic carbocycles. The molecule has 1 saturated carbocycles. The number of amides is 1. The second-order valence-corrected chi connectivity index (χ2v) is 8.67. The molecule has 14 heteroatoms. The lowest BCUT2D eigenvalue weighted by Crippen LogP contribution is -2.37. The van der Waals surface area contributed by atoms with E-state index in [0.29, 0.717) is 18.2 Å². The predicted octanol–water partition coefficient (Wildman–Crippen LogP) is 6.17. The zero-order valence-electron chi connectivity index (χ0n) is 19.0. The van der Waals surface area contributed by atoms with E-state index in [0.717, 1.165) is 37.1 Å². The van der Waals surface area contributed by atoms with Crippen molar-refractivity contribution in [2.75, 3.05) is 0 Å². The summed E-state index contributed by atoms with van der Waals surface area (Å²) < 4.78 is 121. The van der Waals surface area contributed by atoms with Crippen LogP contribution in [0.5, 0.6) is 0 Å². The first kappa shape index (κ1) is 27.5. The summed E-state index contributed by atoms with van der Waals surface area (Å²) in [5.74, 6) is -1.40. The van der Waals surface area contributed by atoms with Crippen molar-refractivity contribution >= 4 is 17.8 Å². The van der Waals surface area contributed by atoms with Crippen LogP contribution in [-0.2, 0) is 22.0 Å². The van der Waals surface area contributed by atoms with Crippen LogP contribution in [0.15, 0.2) is 53.5 Å². The molecule has 204 valence electrons. The topological polar surface area (TPSA) is 62.7 Å². The lowest BCUT2D eigenvalue weighted by atomic mass is 10.0. The normalized spacial score (nSPS) is 19.3. The molecule has 0 spiro atoms. The predicted molar refractivity (Wildman–Crippen MR) is 116 cm³/mol. The monoisotopic (exact) mass is 551 g/mol. The maximum absolute atomic E-state index is 13.7. The number of hydrogen-bond acceptors (Lipinski definition) is 4. The lowest BCUT2D eigenvalue weighted by molar-refractivity contribution is -0.162. The molecule has 5 nitrogen and oxygen atoms in total. The number of benzene rings is 2. The van der Waals surface area contributed by atoms with E-state index in [1.165, 1.54) is 6.07 Å². The van der Waals surface area contributed by atoms with Gasteiger partial charge in [0.1, 0.15) is 0 Å². The van der Waals surface area contributed by atoms with Crippen LogP contribution in [0.25, 0.3) is 6.08 Å². The third kappa shape index (κ3) is 6.47. The Morgan fingerprint density at radius 3 is 2.32 bits per heavy atom. The number of hydrogen-bond donors (Lipinski definition) is 2. The first-order valence-corrected chi connectivity index (χ1v) is 11.1. The number of alkyl halides is 9. The van der Waals surface area contributed by atoms with Crippen molar-refractivity contribution in [2.24, 2.45) is 10.9 Å². The molecular weight excluding hydrogens is 533 g/mol. The number of hydroxylamine groups is 1. The summed E-state index contributed by atoms with van der Waals surface area (Å²) in [5, 5.41) is 1.56. The quantitative estimate of drug-likeness (QED) is 0.333. The minimum absolute atomic E-state index is 0.117. The molecule has 0 radical (unpaired) electrons. The van der Waals surface area contributed by atoms with Crippen molar-refractivity contribution in [2.45, 2.75) is 43.6 Å². The van der Waals surface area contributed by atoms with E-state index in [9.17, 15) is 44.3 Å². The van der Waals surface area contributed by atoms with Crippen LogP contribution in [0.1, 0.15) is 46.7 Å². The highest BCUT2D eigenvalue weighted by atomic mass is 19.4. The van der Waals surface area contributed by atoms with Crippen LogP contribution in [0.3, 0.4) is 0 Å². The molecule has 1 fully saturated rings. The van der Waals surface area contributed by atoms with Gasteiger partial charge in [-0.05, 0) is 54.3 Å². The van der Waals surface area contributed by atoms with Crippen LogP contribution in [-0.4, -0.2) is 24.1 Å². The fraction of sp³-hybridized carbons (Fsp3) is 0.333. The van der Waals surface area contributed by atoms with Gasteiger partial charge in [0.25, 0.3) is 0 Å². The standard InChI is InChI=1S/C24H18F9N3O2/c25-22(26,27)15-3-1-2-14(11-15)19(24(31,32)33)34-18(37)9-5-12-4-8-16(17(10-12)23(28,29)30)20-35-21(38-36-20)13-6-7-13/h1-5,8-11,13,19,21H,6-7H2,(H,34,37)(H,35,36)/b9-5+. The highest BCUT2D eigenvalue weighted by molar-refractivity contribution is 6.00. The molecule has 2 aliphatic rings. The largest absolute Gasteiger partial charge is 0.417 e. The molecular formula is C24H18F9N3O2. The first-order chi connectivity index (χ1) is 17.6. The SMILES string of the molecule is O=C(/C=C/c1ccc(C2=NC(C3CC3)ON2)c(C(F)(F)F)c1)NC(c1cccc(C(F)(F)F)c1)C(F)(F)F. The third-order valence-electron chi connectivity index (χ3n) is 5.75. The summed E-state index contributed by atoms with van der Waals surface area (Å²) in [7, 11) is 0. The Morgan fingerprint density at radius 1 is 1.00 bits per heavy atom. The van der Waals surface area contributed by atoms with Gasteiger partial charge in [0.05, 0.1) is 11.1 Å². The first-order valence-electron chi connectivity index (χ1n) is 11.1. The summed E-state index contributed by atoms with van der Waals surface area (Å²) in [6.45, 7) is 0. The van der Waals surface area contributed by atoms with Crippen LogP contribution >= 0.6 is 0 Å². The maximum Gasteiger partial charge on any atom is 0.417 e. The van der Waals surface area contributed by atoms with Gasteiger partial charge in [-0.25, -0.2) is 15.3 Å². The van der Waals surface area contributed by atoms with E-state index < -0.39 is 53.4 Å². The van der Waals surface area contributed by atoms with Crippen molar-refractivity contribution in [1.82, 2.24) is 10.8 Å². The van der Waals surface area contributed by atoms with Gasteiger partial charge in [0.2, 0.25) is 5.91 Å². The Morgan fingerprint density at radius 2 is 1.71 bits per heavy atom. The number of amidine groups is 1. The van der Waals surface area contributed by atoms with Gasteiger partial charge in [0, 0.05) is 17.6 Å². The molecule has 2 aromatic rings. The van der Waals surface area contributed by atoms with Gasteiger partial charge >= 0.3 is 18.5 Å². The van der Waals surface area contributed by atoms with E-state index in [1.54, 1.807) is 5.32 Å². The molecule has 2 unspecified atom stereocenters. The van der Waals surface area contributed by atoms with Gasteiger partial charge in [-0.15, -0.1) is 0 Å². The lowest BCUT2D eigenvalue weighted by Gasteiger charge is -2.22. The summed E-state index contributed by atoms with van der Waals surface area (Å²) in [6.07, 6.45) is -12.4. The fourth-order valence-electron chi connectivity index (χ4n) is 3.72. The number of aliphatic imine (C=N–C) groups is 1. The minimum atomic E-state index is -5.16. The van der Waals surface area contributed by atoms with Crippen LogP contribution in [0, 0.1) is 5.92 Å². The molecule has 0 saturated heterocycles. The fourth-order valence-corrected chi connectivity index (χ4v) is 3.72. The highest BCUT2D eigenvalue weighted by Crippen LogP contribution is 2.39. The van der Waals surface area contributed by atoms with Crippen LogP contribution in [0.4, 0.5) is 39.5 Å². The maximum atomic E-state index is 13.7. The average molecular weight is 551 g/mol. The smallest absolute Gasteiger partial charge is 0.337 e. The van der Waals surface area contributed by atoms with E-state index in [4.69, 9.17) is 4.84 Å². The molecule has 1 aliphatic carbocycles. The molecule has 4 rings (SSSR count). The number of nitrogens with zero attached hydrogens (tertiary/aromatic N) is 1. The van der Waals surface area contributed by atoms with E-state index >= 15 is 0 Å². The van der Waals surface area contributed by atoms with Crippen molar-refractivity contribution in [3.05, 3.63) is 76.4 Å². The Hall–Kier alpha value is -3.55. The Bertz CT molecular complexity index is 1260. The van der Waals surface area contributed by atoms with Crippen molar-refractivity contribution in [1.29, 1.82) is 0 Å². The molecule has 1 heterocycles. The number of carbonyl (C=O) groups excluding carboxylic acids is 1. The van der Waals surface area contributed by atoms with Crippen LogP contribution in [0.2, 0.25) is 0 Å². The molecule has 1 aliphatic heterocycles. The zero-order chi connectivity index (χ0) is 27.9. The van der Waals surface area contributed by atoms with E-state index in [1.807, 2.05) is 0 Å². The summed E-state index contributed by atoms with van der Waals surface area (Å²) in [4.78, 5) is 21.5. The third-order valence-corrected chi connectivity index (χ3v) is 5.75. The van der Waals surface area contributed by atoms with E-state index in [2.05, 4.69) is 10.5 Å². The average Bonchev–Trinajstić information content (AvgIpc) is 3.56. The van der Waals surface area contributed by atoms with Crippen molar-refractivity contribution in [3.63, 3.8) is 0 Å². The zero-order valence-corrected chi connectivity index (χ0v) is 19.0. The minimum Gasteiger partial charge on any atom is -0.337 e. The summed E-state index contributed by atoms with van der Waals surface area (Å²) in [6, 6.07) is 2.52. The second-order valence-electron chi connectivity index (χ2n) is 8.67. The second kappa shape index (κ2) is 9.97. The highest BCUT2D eigenvalue weighted by Gasteiger charge is 2.43. The van der Waals surface area contributed by atoms with E-state index in [-0.39, 0.29) is 28.9 Å². The van der Waals surface area contributed by atoms with Gasteiger partial charge in [-0.1, -0.05) is 18.2 Å². The Kier molecular flexibility index (Phi) is 7.21. The molecule has 1 amide bonds. The van der Waals surface area contributed by atoms with Gasteiger partial charge < -0.3 is 5.32 Å². The number of carbonyl (C=O) groups is 1.